The molecule has 6 heteroatoms. The van der Waals surface area contributed by atoms with Gasteiger partial charge < -0.3 is 15.4 Å². The Morgan fingerprint density at radius 3 is 2.38 bits per heavy atom. The minimum Gasteiger partial charge on any atom is -0.473 e. The predicted octanol–water partition coefficient (Wildman–Crippen LogP) is 4.70. The summed E-state index contributed by atoms with van der Waals surface area (Å²) in [6.07, 6.45) is 1.76. The standard InChI is InChI=1S/C23H26N4O.HI/c1-18(21-11-7-4-8-12-21)27-23(24-2)26-16-20-13-14-25-22(15-20)28-17-19-9-5-3-6-10-19;/h3-15,18H,16-17H2,1-2H3,(H2,24,26,27);1H. The largest absolute Gasteiger partial charge is 0.473 e. The fourth-order valence-electron chi connectivity index (χ4n) is 2.78. The molecule has 2 aromatic carbocycles. The van der Waals surface area contributed by atoms with E-state index in [0.717, 1.165) is 17.1 Å². The van der Waals surface area contributed by atoms with E-state index in [1.165, 1.54) is 5.56 Å². The van der Waals surface area contributed by atoms with Gasteiger partial charge in [0, 0.05) is 25.9 Å². The fourth-order valence-corrected chi connectivity index (χ4v) is 2.78. The van der Waals surface area contributed by atoms with Gasteiger partial charge in [0.1, 0.15) is 6.61 Å². The third-order valence-corrected chi connectivity index (χ3v) is 4.37. The molecule has 0 saturated carbocycles. The molecular formula is C23H27IN4O. The van der Waals surface area contributed by atoms with Crippen molar-refractivity contribution in [3.63, 3.8) is 0 Å². The lowest BCUT2D eigenvalue weighted by atomic mass is 10.1. The van der Waals surface area contributed by atoms with E-state index in [2.05, 4.69) is 39.7 Å². The number of aliphatic imine (C=N–C) groups is 1. The molecule has 0 aliphatic heterocycles. The summed E-state index contributed by atoms with van der Waals surface area (Å²) in [6, 6.07) is 24.4. The second kappa shape index (κ2) is 12.1. The quantitative estimate of drug-likeness (QED) is 0.279. The number of hydrogen-bond donors (Lipinski definition) is 2. The number of hydrogen-bond acceptors (Lipinski definition) is 3. The zero-order chi connectivity index (χ0) is 19.6. The van der Waals surface area contributed by atoms with E-state index in [4.69, 9.17) is 4.74 Å². The van der Waals surface area contributed by atoms with Crippen LogP contribution in [0.3, 0.4) is 0 Å². The summed E-state index contributed by atoms with van der Waals surface area (Å²) < 4.78 is 5.80. The summed E-state index contributed by atoms with van der Waals surface area (Å²) in [4.78, 5) is 8.61. The summed E-state index contributed by atoms with van der Waals surface area (Å²) in [5.74, 6) is 1.36. The van der Waals surface area contributed by atoms with E-state index in [-0.39, 0.29) is 30.0 Å². The second-order valence-electron chi connectivity index (χ2n) is 6.48. The molecule has 152 valence electrons. The van der Waals surface area contributed by atoms with Crippen LogP contribution in [-0.4, -0.2) is 18.0 Å². The summed E-state index contributed by atoms with van der Waals surface area (Å²) in [5, 5.41) is 6.75. The van der Waals surface area contributed by atoms with Crippen LogP contribution in [0.5, 0.6) is 5.88 Å². The van der Waals surface area contributed by atoms with Crippen LogP contribution in [0.15, 0.2) is 84.0 Å². The molecule has 0 amide bonds. The molecule has 0 aliphatic rings. The maximum Gasteiger partial charge on any atom is 0.213 e. The molecule has 0 saturated heterocycles. The van der Waals surface area contributed by atoms with Crippen molar-refractivity contribution < 1.29 is 4.74 Å². The first-order chi connectivity index (χ1) is 13.7. The van der Waals surface area contributed by atoms with Crippen LogP contribution in [0.2, 0.25) is 0 Å². The smallest absolute Gasteiger partial charge is 0.213 e. The van der Waals surface area contributed by atoms with Gasteiger partial charge in [-0.25, -0.2) is 4.98 Å². The zero-order valence-corrected chi connectivity index (χ0v) is 19.0. The lowest BCUT2D eigenvalue weighted by Crippen LogP contribution is -2.38. The predicted molar refractivity (Wildman–Crippen MR) is 129 cm³/mol. The Kier molecular flexibility index (Phi) is 9.43. The topological polar surface area (TPSA) is 58.5 Å². The van der Waals surface area contributed by atoms with Gasteiger partial charge in [0.25, 0.3) is 0 Å². The fraction of sp³-hybridized carbons (Fsp3) is 0.217. The van der Waals surface area contributed by atoms with E-state index < -0.39 is 0 Å². The van der Waals surface area contributed by atoms with E-state index in [1.54, 1.807) is 13.2 Å². The van der Waals surface area contributed by atoms with Crippen LogP contribution < -0.4 is 15.4 Å². The Balaban J connectivity index is 0.00000300. The minimum absolute atomic E-state index is 0. The van der Waals surface area contributed by atoms with Crippen LogP contribution in [-0.2, 0) is 13.2 Å². The zero-order valence-electron chi connectivity index (χ0n) is 16.7. The average Bonchev–Trinajstić information content (AvgIpc) is 2.76. The van der Waals surface area contributed by atoms with Crippen molar-refractivity contribution in [2.45, 2.75) is 26.1 Å². The molecular weight excluding hydrogens is 475 g/mol. The Hall–Kier alpha value is -2.61. The van der Waals surface area contributed by atoms with E-state index in [1.807, 2.05) is 60.7 Å². The maximum absolute atomic E-state index is 5.80. The van der Waals surface area contributed by atoms with Crippen LogP contribution in [0.4, 0.5) is 0 Å². The highest BCUT2D eigenvalue weighted by molar-refractivity contribution is 14.0. The molecule has 5 nitrogen and oxygen atoms in total. The van der Waals surface area contributed by atoms with Gasteiger partial charge in [0.15, 0.2) is 5.96 Å². The van der Waals surface area contributed by atoms with Gasteiger partial charge in [-0.15, -0.1) is 24.0 Å². The van der Waals surface area contributed by atoms with E-state index in [9.17, 15) is 0 Å². The third kappa shape index (κ3) is 7.38. The van der Waals surface area contributed by atoms with E-state index in [0.29, 0.717) is 19.0 Å². The monoisotopic (exact) mass is 502 g/mol. The number of pyridine rings is 1. The van der Waals surface area contributed by atoms with Crippen molar-refractivity contribution in [2.24, 2.45) is 4.99 Å². The van der Waals surface area contributed by atoms with Gasteiger partial charge in [-0.05, 0) is 29.7 Å². The molecule has 0 spiro atoms. The van der Waals surface area contributed by atoms with Crippen molar-refractivity contribution in [1.29, 1.82) is 0 Å². The highest BCUT2D eigenvalue weighted by Crippen LogP contribution is 2.13. The van der Waals surface area contributed by atoms with Crippen LogP contribution in [0, 0.1) is 0 Å². The van der Waals surface area contributed by atoms with E-state index >= 15 is 0 Å². The third-order valence-electron chi connectivity index (χ3n) is 4.37. The van der Waals surface area contributed by atoms with Crippen molar-refractivity contribution >= 4 is 29.9 Å². The van der Waals surface area contributed by atoms with Crippen molar-refractivity contribution in [3.05, 3.63) is 95.7 Å². The summed E-state index contributed by atoms with van der Waals surface area (Å²) in [6.45, 7) is 3.25. The first-order valence-corrected chi connectivity index (χ1v) is 9.38. The van der Waals surface area contributed by atoms with Crippen LogP contribution >= 0.6 is 24.0 Å². The molecule has 1 unspecified atom stereocenters. The molecule has 3 aromatic rings. The lowest BCUT2D eigenvalue weighted by Gasteiger charge is -2.18. The summed E-state index contributed by atoms with van der Waals surface area (Å²) in [7, 11) is 1.77. The second-order valence-corrected chi connectivity index (χ2v) is 6.48. The normalized spacial score (nSPS) is 11.9. The highest BCUT2D eigenvalue weighted by atomic mass is 127. The number of halogens is 1. The lowest BCUT2D eigenvalue weighted by molar-refractivity contribution is 0.293. The van der Waals surface area contributed by atoms with Crippen molar-refractivity contribution in [2.75, 3.05) is 7.05 Å². The summed E-state index contributed by atoms with van der Waals surface area (Å²) >= 11 is 0. The number of guanidine groups is 1. The Morgan fingerprint density at radius 1 is 1.00 bits per heavy atom. The van der Waals surface area contributed by atoms with Gasteiger partial charge in [0.05, 0.1) is 6.04 Å². The maximum atomic E-state index is 5.80. The Bertz CT molecular complexity index is 888. The highest BCUT2D eigenvalue weighted by Gasteiger charge is 2.07. The Labute approximate surface area is 189 Å². The molecule has 0 fully saturated rings. The number of aromatic nitrogens is 1. The molecule has 1 atom stereocenters. The average molecular weight is 502 g/mol. The number of rotatable bonds is 7. The first kappa shape index (κ1) is 22.7. The van der Waals surface area contributed by atoms with Gasteiger partial charge >= 0.3 is 0 Å². The van der Waals surface area contributed by atoms with Crippen molar-refractivity contribution in [3.8, 4) is 5.88 Å². The van der Waals surface area contributed by atoms with Crippen LogP contribution in [0.25, 0.3) is 0 Å². The van der Waals surface area contributed by atoms with Gasteiger partial charge in [-0.3, -0.25) is 4.99 Å². The SMILES string of the molecule is CN=C(NCc1ccnc(OCc2ccccc2)c1)NC(C)c1ccccc1.I. The van der Waals surface area contributed by atoms with Crippen LogP contribution in [0.1, 0.15) is 29.7 Å². The molecule has 3 rings (SSSR count). The Morgan fingerprint density at radius 2 is 1.69 bits per heavy atom. The molecule has 0 aliphatic carbocycles. The molecule has 0 bridgehead atoms. The number of nitrogens with one attached hydrogen (secondary N) is 2. The number of nitrogens with zero attached hydrogens (tertiary/aromatic N) is 2. The van der Waals surface area contributed by atoms with Gasteiger partial charge in [-0.2, -0.15) is 0 Å². The molecule has 1 heterocycles. The van der Waals surface area contributed by atoms with Gasteiger partial charge in [0.2, 0.25) is 5.88 Å². The number of ether oxygens (including phenoxy) is 1. The molecule has 2 N–H and O–H groups in total. The molecule has 1 aromatic heterocycles. The minimum atomic E-state index is 0. The summed E-state index contributed by atoms with van der Waals surface area (Å²) in [5.41, 5.74) is 3.41. The first-order valence-electron chi connectivity index (χ1n) is 9.38. The van der Waals surface area contributed by atoms with Gasteiger partial charge in [-0.1, -0.05) is 60.7 Å². The van der Waals surface area contributed by atoms with Crippen molar-refractivity contribution in [1.82, 2.24) is 15.6 Å². The molecule has 0 radical (unpaired) electrons. The molecule has 29 heavy (non-hydrogen) atoms. The number of benzene rings is 2.